The van der Waals surface area contributed by atoms with Crippen molar-refractivity contribution in [2.75, 3.05) is 18.0 Å². The molecule has 1 aliphatic heterocycles. The van der Waals surface area contributed by atoms with Crippen LogP contribution in [0.15, 0.2) is 18.2 Å². The Labute approximate surface area is 126 Å². The lowest BCUT2D eigenvalue weighted by molar-refractivity contribution is 0.494. The predicted octanol–water partition coefficient (Wildman–Crippen LogP) is 3.05. The molecule has 2 unspecified atom stereocenters. The largest absolute Gasteiger partial charge is 0.370 e. The van der Waals surface area contributed by atoms with Crippen LogP contribution in [-0.2, 0) is 6.54 Å². The minimum absolute atomic E-state index is 0.716. The van der Waals surface area contributed by atoms with Crippen LogP contribution in [-0.4, -0.2) is 19.1 Å². The molecular formula is C18H23N3. The molecule has 2 aliphatic carbocycles. The maximum atomic E-state index is 9.50. The zero-order chi connectivity index (χ0) is 14.2. The number of nitrogens with zero attached hydrogens (tertiary/aromatic N) is 2. The highest BCUT2D eigenvalue weighted by Crippen LogP contribution is 2.40. The van der Waals surface area contributed by atoms with Crippen LogP contribution in [0.1, 0.15) is 43.2 Å². The second-order valence-electron chi connectivity index (χ2n) is 6.97. The standard InChI is InChI=1S/C18H23N3/c19-9-16-8-13(10-20-17-5-6-17)4-7-18(16)21-11-14-2-1-3-15(14)12-21/h4,7-8,14-15,17,20H,1-3,5-6,10-12H2. The Hall–Kier alpha value is -1.53. The molecule has 3 nitrogen and oxygen atoms in total. The summed E-state index contributed by atoms with van der Waals surface area (Å²) in [5, 5.41) is 13.0. The Morgan fingerprint density at radius 2 is 1.90 bits per heavy atom. The van der Waals surface area contributed by atoms with Crippen LogP contribution in [0.5, 0.6) is 0 Å². The van der Waals surface area contributed by atoms with Crippen molar-refractivity contribution in [3.05, 3.63) is 29.3 Å². The number of hydrogen-bond donors (Lipinski definition) is 1. The molecule has 1 saturated heterocycles. The molecule has 2 saturated carbocycles. The van der Waals surface area contributed by atoms with E-state index in [0.29, 0.717) is 6.04 Å². The maximum absolute atomic E-state index is 9.50. The van der Waals surface area contributed by atoms with E-state index in [1.165, 1.54) is 37.7 Å². The summed E-state index contributed by atoms with van der Waals surface area (Å²) >= 11 is 0. The van der Waals surface area contributed by atoms with Crippen LogP contribution < -0.4 is 10.2 Å². The van der Waals surface area contributed by atoms with Crippen molar-refractivity contribution < 1.29 is 0 Å². The van der Waals surface area contributed by atoms with Gasteiger partial charge in [0.1, 0.15) is 6.07 Å². The van der Waals surface area contributed by atoms with Crippen molar-refractivity contribution in [2.24, 2.45) is 11.8 Å². The second kappa shape index (κ2) is 5.35. The molecule has 1 aromatic rings. The first kappa shape index (κ1) is 13.2. The van der Waals surface area contributed by atoms with Gasteiger partial charge in [0.2, 0.25) is 0 Å². The van der Waals surface area contributed by atoms with E-state index in [1.54, 1.807) is 0 Å². The SMILES string of the molecule is N#Cc1cc(CNC2CC2)ccc1N1CC2CCCC2C1. The summed E-state index contributed by atoms with van der Waals surface area (Å²) in [4.78, 5) is 2.45. The van der Waals surface area contributed by atoms with Gasteiger partial charge in [-0.1, -0.05) is 12.5 Å². The molecule has 0 amide bonds. The molecule has 3 aliphatic rings. The zero-order valence-corrected chi connectivity index (χ0v) is 12.5. The fourth-order valence-electron chi connectivity index (χ4n) is 4.04. The minimum Gasteiger partial charge on any atom is -0.370 e. The number of nitrogens with one attached hydrogen (secondary N) is 1. The topological polar surface area (TPSA) is 39.1 Å². The van der Waals surface area contributed by atoms with Crippen LogP contribution >= 0.6 is 0 Å². The van der Waals surface area contributed by atoms with Crippen molar-refractivity contribution in [1.82, 2.24) is 5.32 Å². The van der Waals surface area contributed by atoms with E-state index in [-0.39, 0.29) is 0 Å². The summed E-state index contributed by atoms with van der Waals surface area (Å²) in [5.41, 5.74) is 3.24. The molecule has 3 heteroatoms. The van der Waals surface area contributed by atoms with Gasteiger partial charge in [0.05, 0.1) is 11.3 Å². The Bertz CT molecular complexity index is 558. The molecule has 110 valence electrons. The first-order valence-electron chi connectivity index (χ1n) is 8.35. The molecule has 0 aromatic heterocycles. The third-order valence-corrected chi connectivity index (χ3v) is 5.42. The van der Waals surface area contributed by atoms with E-state index in [0.717, 1.165) is 42.7 Å². The number of hydrogen-bond acceptors (Lipinski definition) is 3. The molecule has 0 bridgehead atoms. The zero-order valence-electron chi connectivity index (χ0n) is 12.5. The number of benzene rings is 1. The lowest BCUT2D eigenvalue weighted by atomic mass is 10.0. The van der Waals surface area contributed by atoms with Gasteiger partial charge in [0.25, 0.3) is 0 Å². The number of rotatable bonds is 4. The fraction of sp³-hybridized carbons (Fsp3) is 0.611. The van der Waals surface area contributed by atoms with Gasteiger partial charge in [-0.25, -0.2) is 0 Å². The van der Waals surface area contributed by atoms with Crippen LogP contribution in [0.25, 0.3) is 0 Å². The van der Waals surface area contributed by atoms with E-state index in [1.807, 2.05) is 0 Å². The number of anilines is 1. The summed E-state index contributed by atoms with van der Waals surface area (Å²) in [5.74, 6) is 1.74. The normalized spacial score (nSPS) is 27.7. The third kappa shape index (κ3) is 2.65. The van der Waals surface area contributed by atoms with Crippen molar-refractivity contribution in [1.29, 1.82) is 5.26 Å². The Morgan fingerprint density at radius 1 is 1.14 bits per heavy atom. The van der Waals surface area contributed by atoms with E-state index in [4.69, 9.17) is 0 Å². The van der Waals surface area contributed by atoms with Gasteiger partial charge in [-0.3, -0.25) is 0 Å². The quantitative estimate of drug-likeness (QED) is 0.922. The summed E-state index contributed by atoms with van der Waals surface area (Å²) in [6, 6.07) is 9.57. The predicted molar refractivity (Wildman–Crippen MR) is 84.1 cm³/mol. The molecule has 1 N–H and O–H groups in total. The summed E-state index contributed by atoms with van der Waals surface area (Å²) in [6.45, 7) is 3.20. The van der Waals surface area contributed by atoms with Gasteiger partial charge < -0.3 is 10.2 Å². The van der Waals surface area contributed by atoms with E-state index >= 15 is 0 Å². The maximum Gasteiger partial charge on any atom is 0.101 e. The monoisotopic (exact) mass is 281 g/mol. The first-order valence-corrected chi connectivity index (χ1v) is 8.35. The number of nitriles is 1. The first-order chi connectivity index (χ1) is 10.3. The Kier molecular flexibility index (Phi) is 3.35. The molecule has 2 atom stereocenters. The van der Waals surface area contributed by atoms with Gasteiger partial charge in [-0.05, 0) is 55.2 Å². The van der Waals surface area contributed by atoms with Crippen molar-refractivity contribution in [2.45, 2.75) is 44.7 Å². The minimum atomic E-state index is 0.716. The highest BCUT2D eigenvalue weighted by Gasteiger charge is 2.36. The van der Waals surface area contributed by atoms with Crippen molar-refractivity contribution in [3.63, 3.8) is 0 Å². The number of fused-ring (bicyclic) bond motifs is 1. The average molecular weight is 281 g/mol. The molecule has 21 heavy (non-hydrogen) atoms. The van der Waals surface area contributed by atoms with Crippen molar-refractivity contribution in [3.8, 4) is 6.07 Å². The highest BCUT2D eigenvalue weighted by molar-refractivity contribution is 5.61. The summed E-state index contributed by atoms with van der Waals surface area (Å²) < 4.78 is 0. The van der Waals surface area contributed by atoms with Gasteiger partial charge >= 0.3 is 0 Å². The van der Waals surface area contributed by atoms with Gasteiger partial charge in [0.15, 0.2) is 0 Å². The smallest absolute Gasteiger partial charge is 0.101 e. The Balaban J connectivity index is 1.50. The Morgan fingerprint density at radius 3 is 2.57 bits per heavy atom. The summed E-state index contributed by atoms with van der Waals surface area (Å²) in [6.07, 6.45) is 6.78. The van der Waals surface area contributed by atoms with Crippen LogP contribution in [0, 0.1) is 23.2 Å². The van der Waals surface area contributed by atoms with Crippen LogP contribution in [0.4, 0.5) is 5.69 Å². The van der Waals surface area contributed by atoms with Gasteiger partial charge in [0, 0.05) is 25.7 Å². The van der Waals surface area contributed by atoms with Gasteiger partial charge in [-0.15, -0.1) is 0 Å². The highest BCUT2D eigenvalue weighted by atomic mass is 15.2. The molecule has 4 rings (SSSR count). The molecule has 0 spiro atoms. The van der Waals surface area contributed by atoms with Crippen molar-refractivity contribution >= 4 is 5.69 Å². The van der Waals surface area contributed by atoms with Gasteiger partial charge in [-0.2, -0.15) is 5.26 Å². The van der Waals surface area contributed by atoms with E-state index in [2.05, 4.69) is 34.5 Å². The van der Waals surface area contributed by atoms with Crippen LogP contribution in [0.2, 0.25) is 0 Å². The second-order valence-corrected chi connectivity index (χ2v) is 6.97. The van der Waals surface area contributed by atoms with Crippen LogP contribution in [0.3, 0.4) is 0 Å². The lowest BCUT2D eigenvalue weighted by Crippen LogP contribution is -2.22. The molecule has 1 heterocycles. The van der Waals surface area contributed by atoms with E-state index in [9.17, 15) is 5.26 Å². The third-order valence-electron chi connectivity index (χ3n) is 5.42. The molecule has 1 aromatic carbocycles. The fourth-order valence-corrected chi connectivity index (χ4v) is 4.04. The molecule has 0 radical (unpaired) electrons. The lowest BCUT2D eigenvalue weighted by Gasteiger charge is -2.21. The molecule has 3 fully saturated rings. The summed E-state index contributed by atoms with van der Waals surface area (Å²) in [7, 11) is 0. The molecular weight excluding hydrogens is 258 g/mol. The average Bonchev–Trinajstić information content (AvgIpc) is 3.09. The van der Waals surface area contributed by atoms with E-state index < -0.39 is 0 Å².